The number of alkyl halides is 3. The molecule has 3 aliphatic carbocycles. The van der Waals surface area contributed by atoms with Crippen molar-refractivity contribution >= 4 is 17.4 Å². The molecular weight excluding hydrogens is 557 g/mol. The molecule has 230 valence electrons. The maximum atomic E-state index is 13.4. The summed E-state index contributed by atoms with van der Waals surface area (Å²) in [6, 6.07) is 11.9. The first-order chi connectivity index (χ1) is 20.5. The molecule has 0 radical (unpaired) electrons. The number of ether oxygens (including phenoxy) is 2. The van der Waals surface area contributed by atoms with E-state index in [9.17, 15) is 23.1 Å². The van der Waals surface area contributed by atoms with Gasteiger partial charge in [0.1, 0.15) is 11.9 Å². The summed E-state index contributed by atoms with van der Waals surface area (Å²) >= 11 is 0. The van der Waals surface area contributed by atoms with Gasteiger partial charge in [0, 0.05) is 41.7 Å². The fourth-order valence-corrected chi connectivity index (χ4v) is 9.27. The molecule has 5 atom stereocenters. The normalized spacial score (nSPS) is 31.2. The van der Waals surface area contributed by atoms with E-state index >= 15 is 0 Å². The van der Waals surface area contributed by atoms with Gasteiger partial charge in [0.15, 0.2) is 5.76 Å². The topological polar surface area (TPSA) is 67.8 Å². The Bertz CT molecular complexity index is 1450. The Morgan fingerprint density at radius 2 is 1.91 bits per heavy atom. The Hall–Kier alpha value is -3.20. The predicted octanol–water partition coefficient (Wildman–Crippen LogP) is 7.10. The molecule has 0 aromatic heterocycles. The number of nitrogens with one attached hydrogen (secondary N) is 1. The van der Waals surface area contributed by atoms with Crippen LogP contribution >= 0.6 is 0 Å². The number of hydrogen-bond donors (Lipinski definition) is 2. The van der Waals surface area contributed by atoms with Crippen LogP contribution in [-0.2, 0) is 21.4 Å². The van der Waals surface area contributed by atoms with Gasteiger partial charge in [-0.3, -0.25) is 4.79 Å². The lowest BCUT2D eigenvalue weighted by molar-refractivity contribution is -0.966. The van der Waals surface area contributed by atoms with E-state index in [2.05, 4.69) is 23.9 Å². The van der Waals surface area contributed by atoms with Gasteiger partial charge in [-0.15, -0.1) is 13.2 Å². The Labute approximate surface area is 250 Å². The summed E-state index contributed by atoms with van der Waals surface area (Å²) in [5.74, 6) is -0.783. The van der Waals surface area contributed by atoms with Crippen LogP contribution in [0.15, 0.2) is 48.2 Å². The van der Waals surface area contributed by atoms with E-state index in [0.717, 1.165) is 50.1 Å². The number of benzene rings is 2. The summed E-state index contributed by atoms with van der Waals surface area (Å²) in [6.07, 6.45) is 2.63. The van der Waals surface area contributed by atoms with Crippen molar-refractivity contribution in [2.45, 2.75) is 82.7 Å². The molecule has 5 aliphatic rings. The van der Waals surface area contributed by atoms with Crippen molar-refractivity contribution in [2.75, 3.05) is 25.0 Å². The van der Waals surface area contributed by atoms with Gasteiger partial charge in [-0.2, -0.15) is 0 Å². The molecule has 2 saturated carbocycles. The number of aliphatic hydroxyl groups is 1. The summed E-state index contributed by atoms with van der Waals surface area (Å²) in [4.78, 5) is 13.4. The molecule has 1 saturated heterocycles. The van der Waals surface area contributed by atoms with Gasteiger partial charge >= 0.3 is 6.36 Å². The van der Waals surface area contributed by atoms with Crippen LogP contribution in [0.4, 0.5) is 18.9 Å². The largest absolute Gasteiger partial charge is 0.573 e. The maximum absolute atomic E-state index is 13.4. The number of carbonyl (C=O) groups is 1. The summed E-state index contributed by atoms with van der Waals surface area (Å²) in [7, 11) is 0. The van der Waals surface area contributed by atoms with E-state index in [1.807, 2.05) is 6.07 Å². The SMILES string of the molecule is CC(C)C[N+]1(CC2CC2)CC[C@]23c4c5ccc(NC(=O)C(OC(F)(F)F)=C(O)c6ccccc6)c4O[C@H]2CCC[C@H]3[C@H]1C5. The number of carbonyl (C=O) groups excluding carboxylic acids is 1. The predicted molar refractivity (Wildman–Crippen MR) is 156 cm³/mol. The second kappa shape index (κ2) is 10.2. The fraction of sp³-hybridized carbons (Fsp3) is 0.559. The number of anilines is 1. The zero-order valence-electron chi connectivity index (χ0n) is 24.8. The highest BCUT2D eigenvalue weighted by Crippen LogP contribution is 2.65. The second-order valence-electron chi connectivity index (χ2n) is 13.9. The quantitative estimate of drug-likeness (QED) is 0.194. The molecule has 9 heteroatoms. The molecule has 7 rings (SSSR count). The molecule has 2 N–H and O–H groups in total. The third-order valence-corrected chi connectivity index (χ3v) is 10.7. The minimum absolute atomic E-state index is 0.0119. The first kappa shape index (κ1) is 28.6. The van der Waals surface area contributed by atoms with E-state index in [-0.39, 0.29) is 17.1 Å². The van der Waals surface area contributed by atoms with E-state index < -0.39 is 23.8 Å². The molecule has 2 bridgehead atoms. The lowest BCUT2D eigenvalue weighted by Crippen LogP contribution is -2.72. The van der Waals surface area contributed by atoms with Crippen molar-refractivity contribution in [1.29, 1.82) is 0 Å². The van der Waals surface area contributed by atoms with Crippen LogP contribution < -0.4 is 10.1 Å². The Morgan fingerprint density at radius 1 is 1.14 bits per heavy atom. The van der Waals surface area contributed by atoms with Crippen molar-refractivity contribution in [3.05, 3.63) is 64.9 Å². The highest BCUT2D eigenvalue weighted by Gasteiger charge is 2.68. The molecule has 1 spiro atoms. The van der Waals surface area contributed by atoms with Gasteiger partial charge in [-0.25, -0.2) is 0 Å². The summed E-state index contributed by atoms with van der Waals surface area (Å²) < 4.78 is 52.2. The number of likely N-dealkylation sites (tertiary alicyclic amines) is 1. The third-order valence-electron chi connectivity index (χ3n) is 10.7. The van der Waals surface area contributed by atoms with Crippen molar-refractivity contribution in [3.63, 3.8) is 0 Å². The van der Waals surface area contributed by atoms with Gasteiger partial charge < -0.3 is 24.4 Å². The van der Waals surface area contributed by atoms with Crippen LogP contribution in [0.2, 0.25) is 0 Å². The van der Waals surface area contributed by atoms with Gasteiger partial charge in [0.25, 0.3) is 5.91 Å². The van der Waals surface area contributed by atoms with E-state index in [1.54, 1.807) is 24.3 Å². The molecule has 1 amide bonds. The maximum Gasteiger partial charge on any atom is 0.573 e. The van der Waals surface area contributed by atoms with Gasteiger partial charge in [0.2, 0.25) is 5.76 Å². The number of quaternary nitrogens is 1. The Morgan fingerprint density at radius 3 is 2.60 bits per heavy atom. The van der Waals surface area contributed by atoms with Gasteiger partial charge in [-0.05, 0) is 43.7 Å². The fourth-order valence-electron chi connectivity index (χ4n) is 9.27. The highest BCUT2D eigenvalue weighted by atomic mass is 19.4. The minimum atomic E-state index is -5.17. The number of piperidine rings is 1. The average molecular weight is 598 g/mol. The zero-order chi connectivity index (χ0) is 30.1. The molecule has 43 heavy (non-hydrogen) atoms. The molecule has 2 heterocycles. The standard InChI is InChI=1S/C34H39F3N2O4/c1-20(2)18-39(19-21-11-12-21)16-15-33-24-9-6-10-27(33)42-30-25(14-13-23(28(30)33)17-26(24)39)38-32(41)31(43-34(35,36)37)29(40)22-7-4-3-5-8-22/h3-5,7-8,13-14,20-21,24,26-27H,6,9-12,15-19H2,1-2H3,(H-,38,40,41)/p+1/t24-,26+,27-,33+,39?/m0/s1. The number of halogens is 3. The summed E-state index contributed by atoms with van der Waals surface area (Å²) in [6.45, 7) is 8.24. The number of hydrogen-bond acceptors (Lipinski definition) is 4. The molecular formula is C34H40F3N2O4+. The Balaban J connectivity index is 1.27. The minimum Gasteiger partial charge on any atom is -0.504 e. The van der Waals surface area contributed by atoms with Crippen molar-refractivity contribution in [1.82, 2.24) is 0 Å². The van der Waals surface area contributed by atoms with Crippen LogP contribution in [0.1, 0.15) is 69.1 Å². The third kappa shape index (κ3) is 4.78. The molecule has 3 fully saturated rings. The first-order valence-electron chi connectivity index (χ1n) is 15.8. The molecule has 1 unspecified atom stereocenters. The van der Waals surface area contributed by atoms with E-state index in [0.29, 0.717) is 29.3 Å². The number of aliphatic hydroxyl groups excluding tert-OH is 1. The highest BCUT2D eigenvalue weighted by molar-refractivity contribution is 6.07. The summed E-state index contributed by atoms with van der Waals surface area (Å²) in [5.41, 5.74) is 2.62. The van der Waals surface area contributed by atoms with Crippen molar-refractivity contribution in [3.8, 4) is 5.75 Å². The van der Waals surface area contributed by atoms with Crippen LogP contribution in [0.25, 0.3) is 5.76 Å². The first-order valence-corrected chi connectivity index (χ1v) is 15.8. The van der Waals surface area contributed by atoms with Crippen LogP contribution in [0.5, 0.6) is 5.75 Å². The number of rotatable bonds is 8. The van der Waals surface area contributed by atoms with Gasteiger partial charge in [-0.1, -0.05) is 50.2 Å². The lowest BCUT2D eigenvalue weighted by atomic mass is 9.51. The lowest BCUT2D eigenvalue weighted by Gasteiger charge is -2.62. The Kier molecular flexibility index (Phi) is 6.76. The monoisotopic (exact) mass is 597 g/mol. The van der Waals surface area contributed by atoms with E-state index in [4.69, 9.17) is 4.74 Å². The van der Waals surface area contributed by atoms with Crippen LogP contribution in [0, 0.1) is 17.8 Å². The van der Waals surface area contributed by atoms with Gasteiger partial charge in [0.05, 0.1) is 36.8 Å². The zero-order valence-corrected chi connectivity index (χ0v) is 24.8. The van der Waals surface area contributed by atoms with Crippen molar-refractivity contribution < 1.29 is 37.0 Å². The van der Waals surface area contributed by atoms with Crippen LogP contribution in [0.3, 0.4) is 0 Å². The average Bonchev–Trinajstić information content (AvgIpc) is 3.71. The molecule has 2 aliphatic heterocycles. The second-order valence-corrected chi connectivity index (χ2v) is 13.9. The smallest absolute Gasteiger partial charge is 0.504 e. The number of nitrogens with zero attached hydrogens (tertiary/aromatic N) is 1. The number of amides is 1. The van der Waals surface area contributed by atoms with Crippen molar-refractivity contribution in [2.24, 2.45) is 17.8 Å². The van der Waals surface area contributed by atoms with E-state index in [1.165, 1.54) is 48.1 Å². The molecule has 6 nitrogen and oxygen atoms in total. The summed E-state index contributed by atoms with van der Waals surface area (Å²) in [5, 5.41) is 13.3. The molecule has 2 aromatic carbocycles. The van der Waals surface area contributed by atoms with Crippen LogP contribution in [-0.4, -0.2) is 53.6 Å². The molecule has 2 aromatic rings.